The molecule has 1 rings (SSSR count). The van der Waals surface area contributed by atoms with Crippen molar-refractivity contribution < 1.29 is 13.5 Å². The van der Waals surface area contributed by atoms with Crippen LogP contribution in [0.3, 0.4) is 0 Å². The molecule has 0 bridgehead atoms. The summed E-state index contributed by atoms with van der Waals surface area (Å²) >= 11 is 0. The number of rotatable bonds is 4. The third-order valence-electron chi connectivity index (χ3n) is 1.79. The number of benzene rings is 1. The van der Waals surface area contributed by atoms with E-state index < -0.39 is 11.6 Å². The van der Waals surface area contributed by atoms with Gasteiger partial charge in [0.15, 0.2) is 11.6 Å². The van der Waals surface area contributed by atoms with E-state index >= 15 is 0 Å². The van der Waals surface area contributed by atoms with E-state index in [0.29, 0.717) is 6.61 Å². The molecule has 0 saturated carbocycles. The first-order valence-electron chi connectivity index (χ1n) is 4.93. The largest absolute Gasteiger partial charge is 0.491 e. The molecule has 1 aromatic carbocycles. The first-order valence-corrected chi connectivity index (χ1v) is 4.93. The van der Waals surface area contributed by atoms with Crippen molar-refractivity contribution in [2.24, 2.45) is 0 Å². The highest BCUT2D eigenvalue weighted by atomic mass is 19.2. The molecule has 0 radical (unpaired) electrons. The molecule has 0 aliphatic rings. The van der Waals surface area contributed by atoms with Crippen LogP contribution in [0.25, 0.3) is 0 Å². The molecule has 84 valence electrons. The minimum absolute atomic E-state index is 0.0516. The fourth-order valence-corrected chi connectivity index (χ4v) is 1.22. The van der Waals surface area contributed by atoms with Crippen LogP contribution in [0.15, 0.2) is 12.1 Å². The second kappa shape index (κ2) is 4.96. The maximum absolute atomic E-state index is 13.4. The van der Waals surface area contributed by atoms with Gasteiger partial charge in [0, 0.05) is 6.04 Å². The van der Waals surface area contributed by atoms with Crippen molar-refractivity contribution in [3.05, 3.63) is 23.8 Å². The van der Waals surface area contributed by atoms with Gasteiger partial charge in [-0.2, -0.15) is 4.39 Å². The molecule has 0 atom stereocenters. The molecule has 2 nitrogen and oxygen atoms in total. The third-order valence-corrected chi connectivity index (χ3v) is 1.79. The maximum Gasteiger partial charge on any atom is 0.202 e. The summed E-state index contributed by atoms with van der Waals surface area (Å²) in [5, 5.41) is 2.81. The van der Waals surface area contributed by atoms with Crippen molar-refractivity contribution in [2.75, 3.05) is 11.9 Å². The fourth-order valence-electron chi connectivity index (χ4n) is 1.22. The maximum atomic E-state index is 13.4. The van der Waals surface area contributed by atoms with Gasteiger partial charge in [0.05, 0.1) is 12.3 Å². The lowest BCUT2D eigenvalue weighted by molar-refractivity contribution is 0.314. The van der Waals surface area contributed by atoms with Gasteiger partial charge in [-0.25, -0.2) is 4.39 Å². The van der Waals surface area contributed by atoms with E-state index in [1.165, 1.54) is 12.1 Å². The lowest BCUT2D eigenvalue weighted by Gasteiger charge is -2.13. The summed E-state index contributed by atoms with van der Waals surface area (Å²) in [5.74, 6) is -1.89. The van der Waals surface area contributed by atoms with Gasteiger partial charge < -0.3 is 10.1 Å². The van der Waals surface area contributed by atoms with Crippen LogP contribution in [-0.2, 0) is 0 Å². The van der Waals surface area contributed by atoms with E-state index in [1.807, 2.05) is 13.8 Å². The minimum atomic E-state index is -0.942. The Morgan fingerprint density at radius 3 is 2.47 bits per heavy atom. The summed E-state index contributed by atoms with van der Waals surface area (Å²) in [6, 6.07) is 2.95. The second-order valence-electron chi connectivity index (χ2n) is 3.47. The van der Waals surface area contributed by atoms with Crippen LogP contribution in [0, 0.1) is 11.6 Å². The highest BCUT2D eigenvalue weighted by Crippen LogP contribution is 2.26. The van der Waals surface area contributed by atoms with E-state index in [-0.39, 0.29) is 17.5 Å². The molecule has 4 heteroatoms. The Kier molecular flexibility index (Phi) is 3.88. The highest BCUT2D eigenvalue weighted by Gasteiger charge is 2.14. The summed E-state index contributed by atoms with van der Waals surface area (Å²) in [6.45, 7) is 5.74. The summed E-state index contributed by atoms with van der Waals surface area (Å²) in [5.41, 5.74) is 0.158. The molecule has 1 aromatic rings. The Hall–Kier alpha value is -1.32. The number of hydrogen-bond donors (Lipinski definition) is 1. The molecule has 0 fully saturated rings. The van der Waals surface area contributed by atoms with E-state index in [1.54, 1.807) is 6.92 Å². The lowest BCUT2D eigenvalue weighted by Crippen LogP contribution is -2.12. The SMILES string of the molecule is CCOc1ccc(NC(C)C)c(F)c1F. The van der Waals surface area contributed by atoms with Gasteiger partial charge in [-0.3, -0.25) is 0 Å². The Balaban J connectivity index is 2.98. The van der Waals surface area contributed by atoms with E-state index in [0.717, 1.165) is 0 Å². The van der Waals surface area contributed by atoms with Crippen LogP contribution in [-0.4, -0.2) is 12.6 Å². The zero-order chi connectivity index (χ0) is 11.4. The first-order chi connectivity index (χ1) is 7.06. The third kappa shape index (κ3) is 2.81. The van der Waals surface area contributed by atoms with Crippen molar-refractivity contribution in [1.29, 1.82) is 0 Å². The zero-order valence-electron chi connectivity index (χ0n) is 9.10. The molecule has 0 aliphatic carbocycles. The van der Waals surface area contributed by atoms with Crippen LogP contribution in [0.5, 0.6) is 5.75 Å². The average Bonchev–Trinajstić information content (AvgIpc) is 2.17. The lowest BCUT2D eigenvalue weighted by atomic mass is 10.2. The number of nitrogens with one attached hydrogen (secondary N) is 1. The summed E-state index contributed by atoms with van der Waals surface area (Å²) in [6.07, 6.45) is 0. The molecule has 0 aliphatic heterocycles. The smallest absolute Gasteiger partial charge is 0.202 e. The van der Waals surface area contributed by atoms with Crippen molar-refractivity contribution in [1.82, 2.24) is 0 Å². The molecule has 0 aromatic heterocycles. The Morgan fingerprint density at radius 2 is 1.93 bits per heavy atom. The van der Waals surface area contributed by atoms with Crippen LogP contribution in [0.1, 0.15) is 20.8 Å². The van der Waals surface area contributed by atoms with Crippen molar-refractivity contribution >= 4 is 5.69 Å². The second-order valence-corrected chi connectivity index (χ2v) is 3.47. The Labute approximate surface area is 88.3 Å². The van der Waals surface area contributed by atoms with Crippen LogP contribution < -0.4 is 10.1 Å². The van der Waals surface area contributed by atoms with Crippen molar-refractivity contribution in [2.45, 2.75) is 26.8 Å². The monoisotopic (exact) mass is 215 g/mol. The molecular formula is C11H15F2NO. The van der Waals surface area contributed by atoms with E-state index in [2.05, 4.69) is 5.32 Å². The van der Waals surface area contributed by atoms with Gasteiger partial charge in [-0.1, -0.05) is 0 Å². The number of hydrogen-bond acceptors (Lipinski definition) is 2. The molecule has 0 saturated heterocycles. The Bertz CT molecular complexity index is 340. The molecule has 1 N–H and O–H groups in total. The zero-order valence-corrected chi connectivity index (χ0v) is 9.10. The van der Waals surface area contributed by atoms with Gasteiger partial charge in [-0.15, -0.1) is 0 Å². The van der Waals surface area contributed by atoms with E-state index in [9.17, 15) is 8.78 Å². The quantitative estimate of drug-likeness (QED) is 0.832. The summed E-state index contributed by atoms with van der Waals surface area (Å²) in [4.78, 5) is 0. The van der Waals surface area contributed by atoms with Gasteiger partial charge in [0.2, 0.25) is 5.82 Å². The summed E-state index contributed by atoms with van der Waals surface area (Å²) < 4.78 is 31.7. The minimum Gasteiger partial charge on any atom is -0.491 e. The number of ether oxygens (including phenoxy) is 1. The van der Waals surface area contributed by atoms with Crippen molar-refractivity contribution in [3.63, 3.8) is 0 Å². The van der Waals surface area contributed by atoms with Crippen LogP contribution in [0.4, 0.5) is 14.5 Å². The predicted octanol–water partition coefficient (Wildman–Crippen LogP) is 3.18. The predicted molar refractivity (Wildman–Crippen MR) is 56.3 cm³/mol. The average molecular weight is 215 g/mol. The normalized spacial score (nSPS) is 10.5. The van der Waals surface area contributed by atoms with Gasteiger partial charge in [0.25, 0.3) is 0 Å². The fraction of sp³-hybridized carbons (Fsp3) is 0.455. The van der Waals surface area contributed by atoms with Gasteiger partial charge in [0.1, 0.15) is 0 Å². The molecule has 0 spiro atoms. The number of anilines is 1. The molecular weight excluding hydrogens is 200 g/mol. The first kappa shape index (κ1) is 11.8. The van der Waals surface area contributed by atoms with Crippen LogP contribution >= 0.6 is 0 Å². The van der Waals surface area contributed by atoms with Crippen molar-refractivity contribution in [3.8, 4) is 5.75 Å². The molecule has 0 heterocycles. The molecule has 15 heavy (non-hydrogen) atoms. The van der Waals surface area contributed by atoms with Gasteiger partial charge in [-0.05, 0) is 32.9 Å². The number of halogens is 2. The summed E-state index contributed by atoms with van der Waals surface area (Å²) in [7, 11) is 0. The molecule has 0 amide bonds. The van der Waals surface area contributed by atoms with Gasteiger partial charge >= 0.3 is 0 Å². The van der Waals surface area contributed by atoms with E-state index in [4.69, 9.17) is 4.74 Å². The standard InChI is InChI=1S/C11H15F2NO/c1-4-15-9-6-5-8(14-7(2)3)10(12)11(9)13/h5-7,14H,4H2,1-3H3. The Morgan fingerprint density at radius 1 is 1.27 bits per heavy atom. The topological polar surface area (TPSA) is 21.3 Å². The molecule has 0 unspecified atom stereocenters. The highest BCUT2D eigenvalue weighted by molar-refractivity contribution is 5.49. The van der Waals surface area contributed by atoms with Crippen LogP contribution in [0.2, 0.25) is 0 Å².